The van der Waals surface area contributed by atoms with Gasteiger partial charge in [0.15, 0.2) is 0 Å². The van der Waals surface area contributed by atoms with E-state index in [1.165, 1.54) is 12.8 Å². The molecule has 2 aromatic heterocycles. The molecule has 5 rings (SSSR count). The quantitative estimate of drug-likeness (QED) is 0.379. The fraction of sp³-hybridized carbons (Fsp3) is 0.250. The van der Waals surface area contributed by atoms with Gasteiger partial charge in [0.2, 0.25) is 0 Å². The predicted octanol–water partition coefficient (Wildman–Crippen LogP) is 6.26. The molecule has 0 aliphatic carbocycles. The lowest BCUT2D eigenvalue weighted by Crippen LogP contribution is -2.48. The zero-order valence-corrected chi connectivity index (χ0v) is 17.4. The lowest BCUT2D eigenvalue weighted by Gasteiger charge is -2.31. The van der Waals surface area contributed by atoms with Gasteiger partial charge in [-0.1, -0.05) is 49.2 Å². The second-order valence-electron chi connectivity index (χ2n) is 7.69. The molecule has 2 aromatic carbocycles. The number of para-hydroxylation sites is 2. The van der Waals surface area contributed by atoms with E-state index in [0.717, 1.165) is 58.2 Å². The van der Waals surface area contributed by atoms with Crippen molar-refractivity contribution in [2.75, 3.05) is 0 Å². The number of benzene rings is 2. The van der Waals surface area contributed by atoms with Crippen LogP contribution < -0.4 is 8.85 Å². The van der Waals surface area contributed by atoms with Crippen LogP contribution in [0, 0.1) is 0 Å². The minimum Gasteiger partial charge on any atom is -0.510 e. The van der Waals surface area contributed by atoms with Gasteiger partial charge >= 0.3 is 8.56 Å². The molecule has 0 saturated carbocycles. The summed E-state index contributed by atoms with van der Waals surface area (Å²) in [5.74, 6) is 1.68. The number of fused-ring (bicyclic) bond motifs is 2. The third-order valence-electron chi connectivity index (χ3n) is 5.65. The van der Waals surface area contributed by atoms with Crippen LogP contribution in [-0.4, -0.2) is 18.5 Å². The summed E-state index contributed by atoms with van der Waals surface area (Å²) in [6.07, 6.45) is 8.41. The van der Waals surface area contributed by atoms with Crippen LogP contribution in [0.5, 0.6) is 11.5 Å². The smallest absolute Gasteiger partial charge is 0.460 e. The molecule has 1 saturated heterocycles. The third kappa shape index (κ3) is 3.70. The number of hydrogen-bond acceptors (Lipinski definition) is 4. The standard InChI is InChI=1S/C24H24N2O2Si/c1-2-4-18-29(17-3-1,27-21-13-5-9-19-11-7-15-25-23(19)21)28-22-14-6-10-20-12-8-16-26-24(20)22/h5-16H,1-4,17-18H2. The Bertz CT molecular complexity index is 1050. The highest BCUT2D eigenvalue weighted by molar-refractivity contribution is 6.69. The maximum Gasteiger partial charge on any atom is 0.460 e. The van der Waals surface area contributed by atoms with Crippen molar-refractivity contribution < 1.29 is 8.85 Å². The lowest BCUT2D eigenvalue weighted by molar-refractivity contribution is 0.381. The Balaban J connectivity index is 1.57. The highest BCUT2D eigenvalue weighted by Crippen LogP contribution is 2.36. The van der Waals surface area contributed by atoms with E-state index in [0.29, 0.717) is 0 Å². The highest BCUT2D eigenvalue weighted by atomic mass is 28.4. The van der Waals surface area contributed by atoms with Gasteiger partial charge in [0.1, 0.15) is 22.5 Å². The zero-order valence-electron chi connectivity index (χ0n) is 16.4. The largest absolute Gasteiger partial charge is 0.510 e. The number of nitrogens with zero attached hydrogens (tertiary/aromatic N) is 2. The fourth-order valence-electron chi connectivity index (χ4n) is 4.21. The lowest BCUT2D eigenvalue weighted by atomic mass is 10.2. The first-order valence-electron chi connectivity index (χ1n) is 10.4. The zero-order chi connectivity index (χ0) is 19.5. The minimum absolute atomic E-state index is 0.838. The van der Waals surface area contributed by atoms with E-state index >= 15 is 0 Å². The van der Waals surface area contributed by atoms with Crippen LogP contribution in [0.3, 0.4) is 0 Å². The van der Waals surface area contributed by atoms with Crippen molar-refractivity contribution in [1.29, 1.82) is 0 Å². The van der Waals surface area contributed by atoms with Crippen LogP contribution in [0.1, 0.15) is 25.7 Å². The summed E-state index contributed by atoms with van der Waals surface area (Å²) in [5.41, 5.74) is 1.82. The maximum absolute atomic E-state index is 6.82. The van der Waals surface area contributed by atoms with E-state index in [1.54, 1.807) is 0 Å². The summed E-state index contributed by atoms with van der Waals surface area (Å²) < 4.78 is 13.6. The van der Waals surface area contributed by atoms with Crippen molar-refractivity contribution in [2.45, 2.75) is 37.8 Å². The van der Waals surface area contributed by atoms with E-state index in [4.69, 9.17) is 8.85 Å². The molecule has 0 unspecified atom stereocenters. The molecule has 5 heteroatoms. The van der Waals surface area contributed by atoms with Crippen LogP contribution in [0.4, 0.5) is 0 Å². The van der Waals surface area contributed by atoms with Crippen molar-refractivity contribution in [2.24, 2.45) is 0 Å². The monoisotopic (exact) mass is 400 g/mol. The van der Waals surface area contributed by atoms with Gasteiger partial charge in [-0.25, -0.2) is 0 Å². The maximum atomic E-state index is 6.82. The number of hydrogen-bond donors (Lipinski definition) is 0. The van der Waals surface area contributed by atoms with E-state index in [-0.39, 0.29) is 0 Å². The minimum atomic E-state index is -2.53. The number of aromatic nitrogens is 2. The second kappa shape index (κ2) is 7.83. The van der Waals surface area contributed by atoms with Crippen molar-refractivity contribution in [3.8, 4) is 11.5 Å². The Morgan fingerprint density at radius 2 is 1.07 bits per heavy atom. The average molecular weight is 401 g/mol. The first-order chi connectivity index (χ1) is 14.3. The SMILES string of the molecule is c1cnc2c(O[Si]3(Oc4cccc5cccnc45)CCCCCC3)cccc2c1. The summed E-state index contributed by atoms with van der Waals surface area (Å²) in [6.45, 7) is 0. The van der Waals surface area contributed by atoms with Crippen molar-refractivity contribution >= 4 is 30.4 Å². The van der Waals surface area contributed by atoms with Gasteiger partial charge in [-0.15, -0.1) is 0 Å². The summed E-state index contributed by atoms with van der Waals surface area (Å²) in [4.78, 5) is 9.17. The van der Waals surface area contributed by atoms with Crippen LogP contribution in [0.25, 0.3) is 21.8 Å². The second-order valence-corrected chi connectivity index (χ2v) is 10.9. The van der Waals surface area contributed by atoms with E-state index in [2.05, 4.69) is 34.2 Å². The molecule has 0 spiro atoms. The van der Waals surface area contributed by atoms with Gasteiger partial charge in [-0.05, 0) is 37.1 Å². The Labute approximate surface area is 171 Å². The highest BCUT2D eigenvalue weighted by Gasteiger charge is 2.43. The van der Waals surface area contributed by atoms with Crippen LogP contribution in [0.15, 0.2) is 73.1 Å². The van der Waals surface area contributed by atoms with E-state index in [9.17, 15) is 0 Å². The molecular formula is C24H24N2O2Si. The topological polar surface area (TPSA) is 44.2 Å². The summed E-state index contributed by atoms with van der Waals surface area (Å²) in [7, 11) is -2.53. The Morgan fingerprint density at radius 1 is 0.586 bits per heavy atom. The number of rotatable bonds is 4. The Kier molecular flexibility index (Phi) is 4.90. The van der Waals surface area contributed by atoms with E-state index < -0.39 is 8.56 Å². The first kappa shape index (κ1) is 18.1. The van der Waals surface area contributed by atoms with Gasteiger partial charge in [0.05, 0.1) is 0 Å². The molecule has 0 radical (unpaired) electrons. The molecule has 1 aliphatic rings. The molecule has 3 heterocycles. The molecule has 0 bridgehead atoms. The molecule has 146 valence electrons. The van der Waals surface area contributed by atoms with Crippen molar-refractivity contribution in [1.82, 2.24) is 9.97 Å². The van der Waals surface area contributed by atoms with Crippen molar-refractivity contribution in [3.05, 3.63) is 73.1 Å². The molecule has 1 fully saturated rings. The van der Waals surface area contributed by atoms with Gasteiger partial charge in [-0.3, -0.25) is 9.97 Å². The summed E-state index contributed by atoms with van der Waals surface area (Å²) in [6, 6.07) is 22.3. The van der Waals surface area contributed by atoms with Crippen LogP contribution >= 0.6 is 0 Å². The fourth-order valence-corrected chi connectivity index (χ4v) is 7.62. The summed E-state index contributed by atoms with van der Waals surface area (Å²) >= 11 is 0. The third-order valence-corrected chi connectivity index (χ3v) is 9.06. The van der Waals surface area contributed by atoms with Crippen LogP contribution in [-0.2, 0) is 0 Å². The Hall–Kier alpha value is -2.92. The molecule has 0 N–H and O–H groups in total. The normalized spacial score (nSPS) is 16.4. The predicted molar refractivity (Wildman–Crippen MR) is 119 cm³/mol. The Morgan fingerprint density at radius 3 is 1.59 bits per heavy atom. The molecule has 4 aromatic rings. The van der Waals surface area contributed by atoms with Gasteiger partial charge in [0.25, 0.3) is 0 Å². The van der Waals surface area contributed by atoms with Crippen molar-refractivity contribution in [3.63, 3.8) is 0 Å². The molecule has 29 heavy (non-hydrogen) atoms. The first-order valence-corrected chi connectivity index (χ1v) is 12.6. The van der Waals surface area contributed by atoms with Gasteiger partial charge in [-0.2, -0.15) is 0 Å². The van der Waals surface area contributed by atoms with Gasteiger partial charge < -0.3 is 8.85 Å². The average Bonchev–Trinajstić information content (AvgIpc) is 3.00. The van der Waals surface area contributed by atoms with Crippen LogP contribution in [0.2, 0.25) is 12.1 Å². The molecule has 1 aliphatic heterocycles. The molecule has 4 nitrogen and oxygen atoms in total. The molecule has 0 atom stereocenters. The van der Waals surface area contributed by atoms with Gasteiger partial charge in [0, 0.05) is 35.3 Å². The molecular weight excluding hydrogens is 376 g/mol. The van der Waals surface area contributed by atoms with E-state index in [1.807, 2.05) is 48.8 Å². The number of pyridine rings is 2. The summed E-state index contributed by atoms with van der Waals surface area (Å²) in [5, 5.41) is 2.18. The molecule has 0 amide bonds.